The van der Waals surface area contributed by atoms with Gasteiger partial charge in [0.05, 0.1) is 36.8 Å². The van der Waals surface area contributed by atoms with E-state index in [9.17, 15) is 30.0 Å². The van der Waals surface area contributed by atoms with Gasteiger partial charge in [0.25, 0.3) is 0 Å². The van der Waals surface area contributed by atoms with Crippen LogP contribution in [0.4, 0.5) is 0 Å². The number of hydrogen-bond acceptors (Lipinski definition) is 8. The Morgan fingerprint density at radius 3 is 2.31 bits per heavy atom. The van der Waals surface area contributed by atoms with Crippen LogP contribution in [-0.4, -0.2) is 85.5 Å². The number of carbonyl (C=O) groups excluding carboxylic acids is 2. The fraction of sp³-hybridized carbons (Fsp3) is 0.425. The number of imide groups is 1. The molecule has 2 amide bonds. The van der Waals surface area contributed by atoms with Crippen LogP contribution in [0.5, 0.6) is 5.75 Å². The Morgan fingerprint density at radius 1 is 0.980 bits per heavy atom. The van der Waals surface area contributed by atoms with Crippen LogP contribution in [0, 0.1) is 31.6 Å². The van der Waals surface area contributed by atoms with Crippen molar-refractivity contribution in [2.45, 2.75) is 64.6 Å². The number of aliphatic hydroxyl groups is 3. The van der Waals surface area contributed by atoms with Gasteiger partial charge in [-0.3, -0.25) is 24.4 Å². The molecule has 2 aliphatic heterocycles. The van der Waals surface area contributed by atoms with Gasteiger partial charge < -0.3 is 20.4 Å². The molecule has 0 bridgehead atoms. The van der Waals surface area contributed by atoms with Crippen molar-refractivity contribution in [3.05, 3.63) is 106 Å². The van der Waals surface area contributed by atoms with E-state index in [1.54, 1.807) is 6.20 Å². The topological polar surface area (TPSA) is 134 Å². The van der Waals surface area contributed by atoms with Gasteiger partial charge in [-0.1, -0.05) is 36.4 Å². The molecule has 0 spiro atoms. The quantitative estimate of drug-likeness (QED) is 0.172. The number of aromatic hydroxyl groups is 1. The summed E-state index contributed by atoms with van der Waals surface area (Å²) < 4.78 is 0. The molecule has 4 N–H and O–H groups in total. The first-order valence-corrected chi connectivity index (χ1v) is 17.4. The van der Waals surface area contributed by atoms with Crippen molar-refractivity contribution in [1.29, 1.82) is 0 Å². The van der Waals surface area contributed by atoms with Gasteiger partial charge in [0.15, 0.2) is 0 Å². The molecule has 0 radical (unpaired) electrons. The minimum absolute atomic E-state index is 0.187. The molecular weight excluding hydrogens is 618 g/mol. The summed E-state index contributed by atoms with van der Waals surface area (Å²) in [5, 5.41) is 43.2. The lowest BCUT2D eigenvalue weighted by Crippen LogP contribution is -2.47. The minimum atomic E-state index is -1.05. The third-order valence-electron chi connectivity index (χ3n) is 10.7. The molecule has 258 valence electrons. The highest BCUT2D eigenvalue weighted by molar-refractivity contribution is 6.06. The summed E-state index contributed by atoms with van der Waals surface area (Å²) in [5.41, 5.74) is 6.27. The number of aliphatic hydroxyl groups excluding tert-OH is 3. The number of aryl methyl sites for hydroxylation is 2. The van der Waals surface area contributed by atoms with Crippen LogP contribution in [0.1, 0.15) is 60.1 Å². The fourth-order valence-corrected chi connectivity index (χ4v) is 8.22. The third-order valence-corrected chi connectivity index (χ3v) is 10.7. The smallest absolute Gasteiger partial charge is 0.234 e. The van der Waals surface area contributed by atoms with Gasteiger partial charge in [-0.2, -0.15) is 0 Å². The average molecular weight is 666 g/mol. The van der Waals surface area contributed by atoms with Crippen molar-refractivity contribution in [1.82, 2.24) is 14.8 Å². The van der Waals surface area contributed by atoms with Crippen LogP contribution in [0.25, 0.3) is 11.6 Å². The van der Waals surface area contributed by atoms with Gasteiger partial charge in [0.1, 0.15) is 5.75 Å². The second-order valence-electron chi connectivity index (χ2n) is 13.8. The first kappa shape index (κ1) is 34.7. The van der Waals surface area contributed by atoms with Crippen molar-refractivity contribution in [2.24, 2.45) is 17.8 Å². The number of carbonyl (C=O) groups is 2. The number of hydrogen-bond donors (Lipinski definition) is 4. The van der Waals surface area contributed by atoms with Gasteiger partial charge in [0.2, 0.25) is 11.8 Å². The molecule has 0 saturated carbocycles. The highest BCUT2D eigenvalue weighted by Crippen LogP contribution is 2.47. The lowest BCUT2D eigenvalue weighted by Gasteiger charge is -2.36. The molecule has 49 heavy (non-hydrogen) atoms. The summed E-state index contributed by atoms with van der Waals surface area (Å²) in [5.74, 6) is -2.43. The number of likely N-dealkylation sites (tertiary alicyclic amines) is 2. The lowest BCUT2D eigenvalue weighted by atomic mass is 9.68. The van der Waals surface area contributed by atoms with E-state index in [4.69, 9.17) is 0 Å². The monoisotopic (exact) mass is 665 g/mol. The third kappa shape index (κ3) is 7.26. The van der Waals surface area contributed by atoms with Crippen molar-refractivity contribution in [3.63, 3.8) is 0 Å². The van der Waals surface area contributed by atoms with Crippen molar-refractivity contribution < 1.29 is 30.0 Å². The van der Waals surface area contributed by atoms with Crippen LogP contribution in [0.15, 0.2) is 78.0 Å². The summed E-state index contributed by atoms with van der Waals surface area (Å²) in [7, 11) is 0. The molecular formula is C40H47N3O6. The standard InChI is InChI=1S/C40H47N3O6/c1-25-18-28(19-26(2)38(25)47)20-29(34-10-6-7-15-41-34)11-12-35(46)36-30(23-44)21-32-37(33(36)24-45)40(49)43(39(32)48)31-13-16-42(17-14-31)22-27-8-4-3-5-9-27/h3-10,15,18-20,31-33,35,37,44-47H,11-14,16-17,21-24H2,1-2H3/b29-20-/t32-,33+,35-,37-/m1/s1. The number of pyridine rings is 1. The number of allylic oxidation sites excluding steroid dienone is 1. The van der Waals surface area contributed by atoms with Crippen molar-refractivity contribution in [2.75, 3.05) is 26.3 Å². The minimum Gasteiger partial charge on any atom is -0.507 e. The van der Waals surface area contributed by atoms with Gasteiger partial charge in [0, 0.05) is 37.8 Å². The molecule has 3 aliphatic rings. The molecule has 3 heterocycles. The van der Waals surface area contributed by atoms with E-state index >= 15 is 0 Å². The van der Waals surface area contributed by atoms with Crippen molar-refractivity contribution in [3.8, 4) is 5.75 Å². The summed E-state index contributed by atoms with van der Waals surface area (Å²) in [4.78, 5) is 36.3. The van der Waals surface area contributed by atoms with E-state index in [1.807, 2.05) is 68.5 Å². The summed E-state index contributed by atoms with van der Waals surface area (Å²) in [6.45, 7) is 5.30. The van der Waals surface area contributed by atoms with Gasteiger partial charge in [-0.15, -0.1) is 0 Å². The Kier molecular flexibility index (Phi) is 10.7. The van der Waals surface area contributed by atoms with Gasteiger partial charge in [-0.05, 0) is 115 Å². The van der Waals surface area contributed by atoms with Crippen LogP contribution in [0.2, 0.25) is 0 Å². The van der Waals surface area contributed by atoms with Crippen LogP contribution in [0.3, 0.4) is 0 Å². The number of phenols is 1. The fourth-order valence-electron chi connectivity index (χ4n) is 8.22. The Morgan fingerprint density at radius 2 is 1.67 bits per heavy atom. The second kappa shape index (κ2) is 15.2. The van der Waals surface area contributed by atoms with Crippen LogP contribution >= 0.6 is 0 Å². The number of benzene rings is 2. The highest BCUT2D eigenvalue weighted by atomic mass is 16.3. The number of nitrogens with zero attached hydrogens (tertiary/aromatic N) is 3. The molecule has 9 nitrogen and oxygen atoms in total. The van der Waals surface area contributed by atoms with Crippen molar-refractivity contribution >= 4 is 23.5 Å². The predicted octanol–water partition coefficient (Wildman–Crippen LogP) is 4.65. The van der Waals surface area contributed by atoms with E-state index in [0.717, 1.165) is 47.6 Å². The zero-order valence-corrected chi connectivity index (χ0v) is 28.3. The van der Waals surface area contributed by atoms with E-state index < -0.39 is 30.5 Å². The largest absolute Gasteiger partial charge is 0.507 e. The SMILES string of the molecule is Cc1cc(/C=C(/CC[C@@H](O)C2=C(CO)C[C@H]3C(=O)N(C4CCN(Cc5ccccc5)CC4)C(=O)[C@H]3[C@H]2CO)c2ccccn2)cc(C)c1O. The number of rotatable bonds is 11. The molecule has 2 saturated heterocycles. The summed E-state index contributed by atoms with van der Waals surface area (Å²) in [6.07, 6.45) is 4.91. The number of amides is 2. The van der Waals surface area contributed by atoms with Gasteiger partial charge >= 0.3 is 0 Å². The maximum absolute atomic E-state index is 14.1. The van der Waals surface area contributed by atoms with Crippen LogP contribution < -0.4 is 0 Å². The summed E-state index contributed by atoms with van der Waals surface area (Å²) >= 11 is 0. The molecule has 9 heteroatoms. The molecule has 1 aliphatic carbocycles. The maximum atomic E-state index is 14.1. The van der Waals surface area contributed by atoms with Crippen LogP contribution in [-0.2, 0) is 16.1 Å². The second-order valence-corrected chi connectivity index (χ2v) is 13.8. The lowest BCUT2D eigenvalue weighted by molar-refractivity contribution is -0.144. The number of phenolic OH excluding ortho intramolecular Hbond substituents is 1. The molecule has 2 fully saturated rings. The Bertz CT molecular complexity index is 1690. The average Bonchev–Trinajstić information content (AvgIpc) is 3.37. The van der Waals surface area contributed by atoms with E-state index in [0.29, 0.717) is 30.4 Å². The zero-order chi connectivity index (χ0) is 34.7. The molecule has 0 unspecified atom stereocenters. The molecule has 1 aromatic heterocycles. The van der Waals surface area contributed by atoms with E-state index in [1.165, 1.54) is 10.5 Å². The molecule has 2 aromatic carbocycles. The molecule has 3 aromatic rings. The zero-order valence-electron chi connectivity index (χ0n) is 28.3. The molecule has 4 atom stereocenters. The Labute approximate surface area is 288 Å². The predicted molar refractivity (Wildman–Crippen MR) is 188 cm³/mol. The normalized spacial score (nSPS) is 22.9. The van der Waals surface area contributed by atoms with E-state index in [2.05, 4.69) is 22.0 Å². The highest BCUT2D eigenvalue weighted by Gasteiger charge is 2.56. The Hall–Kier alpha value is -4.15. The van der Waals surface area contributed by atoms with Gasteiger partial charge in [-0.25, -0.2) is 0 Å². The number of piperidine rings is 1. The first-order chi connectivity index (χ1) is 23.7. The number of aromatic nitrogens is 1. The Balaban J connectivity index is 1.19. The maximum Gasteiger partial charge on any atom is 0.234 e. The van der Waals surface area contributed by atoms with E-state index in [-0.39, 0.29) is 43.1 Å². The summed E-state index contributed by atoms with van der Waals surface area (Å²) in [6, 6.07) is 19.5. The first-order valence-electron chi connectivity index (χ1n) is 17.4. The number of fused-ring (bicyclic) bond motifs is 1. The molecule has 6 rings (SSSR count).